The molecule has 0 spiro atoms. The molecule has 20 heavy (non-hydrogen) atoms. The van der Waals surface area contributed by atoms with Gasteiger partial charge in [0, 0.05) is 44.2 Å². The van der Waals surface area contributed by atoms with Crippen molar-refractivity contribution in [2.24, 2.45) is 5.73 Å². The largest absolute Gasteiger partial charge is 0.383 e. The van der Waals surface area contributed by atoms with E-state index in [9.17, 15) is 0 Å². The summed E-state index contributed by atoms with van der Waals surface area (Å²) in [4.78, 5) is 6.88. The smallest absolute Gasteiger partial charge is 0.0590 e. The lowest BCUT2D eigenvalue weighted by Crippen LogP contribution is -2.42. The molecule has 0 aromatic carbocycles. The minimum Gasteiger partial charge on any atom is -0.383 e. The fraction of sp³-hybridized carbons (Fsp3) is 0.688. The first-order valence-electron chi connectivity index (χ1n) is 7.55. The van der Waals surface area contributed by atoms with Crippen molar-refractivity contribution < 1.29 is 4.74 Å². The zero-order chi connectivity index (χ0) is 15.0. The molecular formula is C16H29N3O. The SMILES string of the molecule is CCC(CC)N(CCOC)C(CN)c1ccc(C)nc1. The second-order valence-electron chi connectivity index (χ2n) is 5.19. The molecule has 0 amide bonds. The summed E-state index contributed by atoms with van der Waals surface area (Å²) in [5.41, 5.74) is 8.29. The van der Waals surface area contributed by atoms with Crippen molar-refractivity contribution in [2.75, 3.05) is 26.8 Å². The Morgan fingerprint density at radius 3 is 2.45 bits per heavy atom. The Morgan fingerprint density at radius 2 is 2.00 bits per heavy atom. The molecule has 4 nitrogen and oxygen atoms in total. The molecule has 0 saturated heterocycles. The molecular weight excluding hydrogens is 250 g/mol. The highest BCUT2D eigenvalue weighted by molar-refractivity contribution is 5.18. The number of ether oxygens (including phenoxy) is 1. The Kier molecular flexibility index (Phi) is 7.73. The normalized spacial score (nSPS) is 13.2. The maximum Gasteiger partial charge on any atom is 0.0590 e. The van der Waals surface area contributed by atoms with Crippen LogP contribution in [0.1, 0.15) is 44.0 Å². The molecule has 0 fully saturated rings. The second kappa shape index (κ2) is 9.06. The monoisotopic (exact) mass is 279 g/mol. The fourth-order valence-corrected chi connectivity index (χ4v) is 2.69. The Balaban J connectivity index is 2.96. The third-order valence-electron chi connectivity index (χ3n) is 3.91. The van der Waals surface area contributed by atoms with Crippen LogP contribution in [0.3, 0.4) is 0 Å². The van der Waals surface area contributed by atoms with Crippen LogP contribution >= 0.6 is 0 Å². The van der Waals surface area contributed by atoms with E-state index in [-0.39, 0.29) is 6.04 Å². The van der Waals surface area contributed by atoms with E-state index >= 15 is 0 Å². The Bertz CT molecular complexity index is 362. The number of pyridine rings is 1. The van der Waals surface area contributed by atoms with E-state index in [1.165, 1.54) is 5.56 Å². The average Bonchev–Trinajstić information content (AvgIpc) is 2.47. The van der Waals surface area contributed by atoms with E-state index in [4.69, 9.17) is 10.5 Å². The molecule has 1 aromatic heterocycles. The number of aromatic nitrogens is 1. The van der Waals surface area contributed by atoms with Crippen LogP contribution in [-0.2, 0) is 4.74 Å². The van der Waals surface area contributed by atoms with Crippen LogP contribution in [-0.4, -0.2) is 42.7 Å². The molecule has 1 heterocycles. The van der Waals surface area contributed by atoms with Crippen LogP contribution < -0.4 is 5.73 Å². The van der Waals surface area contributed by atoms with Gasteiger partial charge in [-0.2, -0.15) is 0 Å². The van der Waals surface area contributed by atoms with Gasteiger partial charge in [-0.25, -0.2) is 0 Å². The van der Waals surface area contributed by atoms with E-state index in [1.54, 1.807) is 7.11 Å². The minimum atomic E-state index is 0.211. The highest BCUT2D eigenvalue weighted by Crippen LogP contribution is 2.24. The van der Waals surface area contributed by atoms with Crippen molar-refractivity contribution in [3.63, 3.8) is 0 Å². The van der Waals surface area contributed by atoms with Gasteiger partial charge in [0.15, 0.2) is 0 Å². The van der Waals surface area contributed by atoms with Gasteiger partial charge >= 0.3 is 0 Å². The molecule has 2 N–H and O–H groups in total. The van der Waals surface area contributed by atoms with Crippen molar-refractivity contribution in [1.82, 2.24) is 9.88 Å². The maximum absolute atomic E-state index is 6.05. The summed E-state index contributed by atoms with van der Waals surface area (Å²) in [5, 5.41) is 0. The van der Waals surface area contributed by atoms with E-state index < -0.39 is 0 Å². The quantitative estimate of drug-likeness (QED) is 0.754. The van der Waals surface area contributed by atoms with E-state index in [1.807, 2.05) is 13.1 Å². The van der Waals surface area contributed by atoms with Crippen LogP contribution in [0.15, 0.2) is 18.3 Å². The highest BCUT2D eigenvalue weighted by Gasteiger charge is 2.24. The maximum atomic E-state index is 6.05. The van der Waals surface area contributed by atoms with Crippen molar-refractivity contribution in [1.29, 1.82) is 0 Å². The van der Waals surface area contributed by atoms with E-state index in [0.29, 0.717) is 12.6 Å². The molecule has 1 unspecified atom stereocenters. The first-order valence-corrected chi connectivity index (χ1v) is 7.55. The summed E-state index contributed by atoms with van der Waals surface area (Å²) in [6, 6.07) is 4.93. The van der Waals surface area contributed by atoms with Gasteiger partial charge in [0.1, 0.15) is 0 Å². The van der Waals surface area contributed by atoms with Crippen molar-refractivity contribution >= 4 is 0 Å². The van der Waals surface area contributed by atoms with Crippen LogP contribution in [0, 0.1) is 6.92 Å². The first kappa shape index (κ1) is 17.1. The predicted molar refractivity (Wildman–Crippen MR) is 83.7 cm³/mol. The van der Waals surface area contributed by atoms with Gasteiger partial charge in [0.05, 0.1) is 6.61 Å². The standard InChI is InChI=1S/C16H29N3O/c1-5-15(6-2)19(9-10-20-4)16(11-17)14-8-7-13(3)18-12-14/h7-8,12,15-16H,5-6,9-11,17H2,1-4H3. The van der Waals surface area contributed by atoms with Gasteiger partial charge in [-0.15, -0.1) is 0 Å². The van der Waals surface area contributed by atoms with Crippen molar-refractivity contribution in [2.45, 2.75) is 45.7 Å². The van der Waals surface area contributed by atoms with Crippen molar-refractivity contribution in [3.8, 4) is 0 Å². The lowest BCUT2D eigenvalue weighted by molar-refractivity contribution is 0.0816. The number of nitrogens with two attached hydrogens (primary N) is 1. The van der Waals surface area contributed by atoms with Gasteiger partial charge in [0.2, 0.25) is 0 Å². The average molecular weight is 279 g/mol. The number of methoxy groups -OCH3 is 1. The number of hydrogen-bond acceptors (Lipinski definition) is 4. The molecule has 4 heteroatoms. The van der Waals surface area contributed by atoms with Crippen LogP contribution in [0.2, 0.25) is 0 Å². The Labute approximate surface area is 123 Å². The van der Waals surface area contributed by atoms with Crippen LogP contribution in [0.4, 0.5) is 0 Å². The third kappa shape index (κ3) is 4.54. The molecule has 0 saturated carbocycles. The molecule has 0 aliphatic carbocycles. The lowest BCUT2D eigenvalue weighted by atomic mass is 10.0. The van der Waals surface area contributed by atoms with Crippen LogP contribution in [0.5, 0.6) is 0 Å². The molecule has 114 valence electrons. The molecule has 1 aromatic rings. The predicted octanol–water partition coefficient (Wildman–Crippen LogP) is 2.53. The molecule has 1 atom stereocenters. The number of aryl methyl sites for hydroxylation is 1. The van der Waals surface area contributed by atoms with E-state index in [0.717, 1.165) is 31.7 Å². The molecule has 0 aliphatic heterocycles. The molecule has 1 rings (SSSR count). The Morgan fingerprint density at radius 1 is 1.30 bits per heavy atom. The summed E-state index contributed by atoms with van der Waals surface area (Å²) in [6.45, 7) is 8.70. The second-order valence-corrected chi connectivity index (χ2v) is 5.19. The number of rotatable bonds is 9. The topological polar surface area (TPSA) is 51.4 Å². The van der Waals surface area contributed by atoms with E-state index in [2.05, 4.69) is 35.9 Å². The molecule has 0 bridgehead atoms. The summed E-state index contributed by atoms with van der Waals surface area (Å²) in [7, 11) is 1.75. The van der Waals surface area contributed by atoms with Gasteiger partial charge < -0.3 is 10.5 Å². The Hall–Kier alpha value is -0.970. The number of hydrogen-bond donors (Lipinski definition) is 1. The summed E-state index contributed by atoms with van der Waals surface area (Å²) in [5.74, 6) is 0. The van der Waals surface area contributed by atoms with Gasteiger partial charge in [-0.3, -0.25) is 9.88 Å². The van der Waals surface area contributed by atoms with Crippen molar-refractivity contribution in [3.05, 3.63) is 29.6 Å². The summed E-state index contributed by atoms with van der Waals surface area (Å²) in [6.07, 6.45) is 4.20. The first-order chi connectivity index (χ1) is 9.67. The number of nitrogens with zero attached hydrogens (tertiary/aromatic N) is 2. The highest BCUT2D eigenvalue weighted by atomic mass is 16.5. The van der Waals surface area contributed by atoms with Crippen LogP contribution in [0.25, 0.3) is 0 Å². The summed E-state index contributed by atoms with van der Waals surface area (Å²) < 4.78 is 5.26. The third-order valence-corrected chi connectivity index (χ3v) is 3.91. The van der Waals surface area contributed by atoms with Gasteiger partial charge in [-0.05, 0) is 31.4 Å². The zero-order valence-electron chi connectivity index (χ0n) is 13.3. The molecule has 0 radical (unpaired) electrons. The van der Waals surface area contributed by atoms with Gasteiger partial charge in [-0.1, -0.05) is 19.9 Å². The fourth-order valence-electron chi connectivity index (χ4n) is 2.69. The zero-order valence-corrected chi connectivity index (χ0v) is 13.3. The minimum absolute atomic E-state index is 0.211. The summed E-state index contributed by atoms with van der Waals surface area (Å²) >= 11 is 0. The lowest BCUT2D eigenvalue weighted by Gasteiger charge is -2.37. The van der Waals surface area contributed by atoms with Gasteiger partial charge in [0.25, 0.3) is 0 Å². The molecule has 0 aliphatic rings.